The molecule has 0 aromatic heterocycles. The zero-order chi connectivity index (χ0) is 17.1. The first-order valence-electron chi connectivity index (χ1n) is 7.83. The van der Waals surface area contributed by atoms with Crippen LogP contribution in [0.3, 0.4) is 0 Å². The molecule has 122 valence electrons. The second-order valence-electron chi connectivity index (χ2n) is 5.92. The largest absolute Gasteiger partial charge is 0.353 e. The van der Waals surface area contributed by atoms with Gasteiger partial charge in [0.05, 0.1) is 6.04 Å². The highest BCUT2D eigenvalue weighted by Gasteiger charge is 2.35. The van der Waals surface area contributed by atoms with Gasteiger partial charge < -0.3 is 10.6 Å². The van der Waals surface area contributed by atoms with Crippen molar-refractivity contribution < 1.29 is 4.79 Å². The third kappa shape index (κ3) is 3.51. The Labute approximate surface area is 147 Å². The van der Waals surface area contributed by atoms with E-state index in [0.717, 1.165) is 17.0 Å². The van der Waals surface area contributed by atoms with Crippen LogP contribution >= 0.6 is 12.2 Å². The Morgan fingerprint density at radius 1 is 1.08 bits per heavy atom. The fourth-order valence-corrected chi connectivity index (χ4v) is 3.12. The van der Waals surface area contributed by atoms with Crippen molar-refractivity contribution in [2.45, 2.75) is 19.9 Å². The summed E-state index contributed by atoms with van der Waals surface area (Å²) in [7, 11) is 0. The summed E-state index contributed by atoms with van der Waals surface area (Å²) < 4.78 is 0. The van der Waals surface area contributed by atoms with Gasteiger partial charge in [-0.3, -0.25) is 4.79 Å². The van der Waals surface area contributed by atoms with E-state index >= 15 is 0 Å². The Morgan fingerprint density at radius 2 is 1.75 bits per heavy atom. The van der Waals surface area contributed by atoms with E-state index in [9.17, 15) is 4.79 Å². The van der Waals surface area contributed by atoms with Gasteiger partial charge in [0.25, 0.3) is 0 Å². The van der Waals surface area contributed by atoms with Crippen molar-refractivity contribution in [2.24, 2.45) is 10.9 Å². The summed E-state index contributed by atoms with van der Waals surface area (Å²) in [6.45, 7) is 3.89. The van der Waals surface area contributed by atoms with Crippen LogP contribution in [0.1, 0.15) is 24.1 Å². The van der Waals surface area contributed by atoms with Gasteiger partial charge in [0.2, 0.25) is 5.91 Å². The maximum absolute atomic E-state index is 12.9. The van der Waals surface area contributed by atoms with Gasteiger partial charge in [0.15, 0.2) is 5.11 Å². The monoisotopic (exact) mass is 337 g/mol. The van der Waals surface area contributed by atoms with Gasteiger partial charge in [-0.1, -0.05) is 48.0 Å². The summed E-state index contributed by atoms with van der Waals surface area (Å²) in [5.74, 6) is -0.511. The highest BCUT2D eigenvalue weighted by Crippen LogP contribution is 2.28. The number of rotatable bonds is 3. The SMILES string of the molecule is CC1=NC(=S)NC(c2ccc(C)cc2)C1C(=O)Nc1ccccc1. The summed E-state index contributed by atoms with van der Waals surface area (Å²) in [4.78, 5) is 17.2. The highest BCUT2D eigenvalue weighted by atomic mass is 32.1. The van der Waals surface area contributed by atoms with Crippen LogP contribution in [0, 0.1) is 12.8 Å². The van der Waals surface area contributed by atoms with Gasteiger partial charge in [-0.15, -0.1) is 0 Å². The van der Waals surface area contributed by atoms with Crippen molar-refractivity contribution in [2.75, 3.05) is 5.32 Å². The average Bonchev–Trinajstić information content (AvgIpc) is 2.55. The molecule has 2 aromatic carbocycles. The third-order valence-electron chi connectivity index (χ3n) is 4.10. The lowest BCUT2D eigenvalue weighted by Gasteiger charge is -2.31. The Kier molecular flexibility index (Phi) is 4.71. The number of hydrogen-bond acceptors (Lipinski definition) is 2. The first-order valence-corrected chi connectivity index (χ1v) is 8.23. The lowest BCUT2D eigenvalue weighted by atomic mass is 9.87. The van der Waals surface area contributed by atoms with Gasteiger partial charge in [-0.25, -0.2) is 4.99 Å². The quantitative estimate of drug-likeness (QED) is 0.841. The van der Waals surface area contributed by atoms with Crippen LogP contribution in [-0.2, 0) is 4.79 Å². The predicted octanol–water partition coefficient (Wildman–Crippen LogP) is 3.64. The van der Waals surface area contributed by atoms with E-state index in [0.29, 0.717) is 5.11 Å². The second-order valence-corrected chi connectivity index (χ2v) is 6.31. The number of amides is 1. The molecule has 2 N–H and O–H groups in total. The zero-order valence-electron chi connectivity index (χ0n) is 13.6. The van der Waals surface area contributed by atoms with Crippen LogP contribution < -0.4 is 10.6 Å². The number of hydrogen-bond donors (Lipinski definition) is 2. The first kappa shape index (κ1) is 16.3. The second kappa shape index (κ2) is 6.93. The molecule has 0 aliphatic carbocycles. The number of aliphatic imine (C=N–C) groups is 1. The van der Waals surface area contributed by atoms with Crippen LogP contribution in [0.5, 0.6) is 0 Å². The van der Waals surface area contributed by atoms with Crippen molar-refractivity contribution in [1.82, 2.24) is 5.32 Å². The summed E-state index contributed by atoms with van der Waals surface area (Å²) in [5.41, 5.74) is 3.68. The molecular formula is C19H19N3OS. The van der Waals surface area contributed by atoms with Crippen LogP contribution in [0.4, 0.5) is 5.69 Å². The predicted molar refractivity (Wildman–Crippen MR) is 101 cm³/mol. The van der Waals surface area contributed by atoms with Gasteiger partial charge in [-0.05, 0) is 43.8 Å². The molecule has 0 saturated heterocycles. The van der Waals surface area contributed by atoms with E-state index in [4.69, 9.17) is 12.2 Å². The number of carbonyl (C=O) groups is 1. The van der Waals surface area contributed by atoms with Crippen molar-refractivity contribution in [1.29, 1.82) is 0 Å². The standard InChI is InChI=1S/C19H19N3OS/c1-12-8-10-14(11-9-12)17-16(13(2)20-19(24)22-17)18(23)21-15-6-4-3-5-7-15/h3-11,16-17H,1-2H3,(H,21,23)(H,22,24). The molecule has 5 heteroatoms. The maximum atomic E-state index is 12.9. The van der Waals surface area contributed by atoms with Crippen LogP contribution in [0.2, 0.25) is 0 Å². The van der Waals surface area contributed by atoms with Gasteiger partial charge in [0.1, 0.15) is 5.92 Å². The molecule has 0 fully saturated rings. The summed E-state index contributed by atoms with van der Waals surface area (Å²) >= 11 is 5.22. The van der Waals surface area contributed by atoms with E-state index in [2.05, 4.69) is 15.6 Å². The van der Waals surface area contributed by atoms with Crippen molar-refractivity contribution >= 4 is 34.6 Å². The van der Waals surface area contributed by atoms with E-state index in [1.54, 1.807) is 0 Å². The van der Waals surface area contributed by atoms with Gasteiger partial charge >= 0.3 is 0 Å². The average molecular weight is 337 g/mol. The van der Waals surface area contributed by atoms with Crippen molar-refractivity contribution in [3.8, 4) is 0 Å². The molecule has 0 spiro atoms. The molecular weight excluding hydrogens is 318 g/mol. The highest BCUT2D eigenvalue weighted by molar-refractivity contribution is 7.80. The molecule has 1 amide bonds. The molecule has 2 unspecified atom stereocenters. The Morgan fingerprint density at radius 3 is 2.42 bits per heavy atom. The lowest BCUT2D eigenvalue weighted by molar-refractivity contribution is -0.118. The minimum absolute atomic E-state index is 0.0944. The molecule has 1 aliphatic rings. The molecule has 0 radical (unpaired) electrons. The third-order valence-corrected chi connectivity index (χ3v) is 4.31. The molecule has 0 saturated carbocycles. The molecule has 1 aliphatic heterocycles. The van der Waals surface area contributed by atoms with E-state index in [1.807, 2.05) is 68.4 Å². The van der Waals surface area contributed by atoms with Crippen LogP contribution in [-0.4, -0.2) is 16.7 Å². The summed E-state index contributed by atoms with van der Waals surface area (Å²) in [6.07, 6.45) is 0. The fourth-order valence-electron chi connectivity index (χ4n) is 2.85. The number of carbonyl (C=O) groups excluding carboxylic acids is 1. The molecule has 24 heavy (non-hydrogen) atoms. The number of aryl methyl sites for hydroxylation is 1. The number of para-hydroxylation sites is 1. The van der Waals surface area contributed by atoms with Crippen LogP contribution in [0.15, 0.2) is 59.6 Å². The molecule has 0 bridgehead atoms. The Balaban J connectivity index is 1.91. The number of benzene rings is 2. The summed E-state index contributed by atoms with van der Waals surface area (Å²) in [6, 6.07) is 17.3. The van der Waals surface area contributed by atoms with Crippen LogP contribution in [0.25, 0.3) is 0 Å². The van der Waals surface area contributed by atoms with E-state index in [1.165, 1.54) is 5.56 Å². The van der Waals surface area contributed by atoms with Gasteiger partial charge in [-0.2, -0.15) is 0 Å². The molecule has 2 atom stereocenters. The zero-order valence-corrected chi connectivity index (χ0v) is 14.4. The number of nitrogens with zero attached hydrogens (tertiary/aromatic N) is 1. The number of thiocarbonyl (C=S) groups is 1. The fraction of sp³-hybridized carbons (Fsp3) is 0.211. The van der Waals surface area contributed by atoms with Gasteiger partial charge in [0, 0.05) is 11.4 Å². The van der Waals surface area contributed by atoms with Crippen molar-refractivity contribution in [3.63, 3.8) is 0 Å². The smallest absolute Gasteiger partial charge is 0.235 e. The van der Waals surface area contributed by atoms with E-state index < -0.39 is 5.92 Å². The normalized spacial score (nSPS) is 20.1. The van der Waals surface area contributed by atoms with Crippen molar-refractivity contribution in [3.05, 3.63) is 65.7 Å². The topological polar surface area (TPSA) is 53.5 Å². The molecule has 4 nitrogen and oxygen atoms in total. The minimum Gasteiger partial charge on any atom is -0.353 e. The minimum atomic E-state index is -0.417. The Bertz CT molecular complexity index is 784. The number of nitrogens with one attached hydrogen (secondary N) is 2. The Hall–Kier alpha value is -2.53. The molecule has 3 rings (SSSR count). The number of anilines is 1. The first-order chi connectivity index (χ1) is 11.5. The molecule has 2 aromatic rings. The lowest BCUT2D eigenvalue weighted by Crippen LogP contribution is -2.45. The summed E-state index contributed by atoms with van der Waals surface area (Å²) in [5, 5.41) is 6.57. The maximum Gasteiger partial charge on any atom is 0.235 e. The molecule has 1 heterocycles. The van der Waals surface area contributed by atoms with E-state index in [-0.39, 0.29) is 11.9 Å².